The molecule has 0 heterocycles. The lowest BCUT2D eigenvalue weighted by molar-refractivity contribution is -0.384. The van der Waals surface area contributed by atoms with E-state index < -0.39 is 29.1 Å². The number of amides is 1. The Morgan fingerprint density at radius 2 is 1.89 bits per heavy atom. The van der Waals surface area contributed by atoms with Gasteiger partial charge in [0.25, 0.3) is 11.6 Å². The maximum atomic E-state index is 11.9. The second kappa shape index (κ2) is 10.1. The fourth-order valence-electron chi connectivity index (χ4n) is 2.13. The zero-order valence-corrected chi connectivity index (χ0v) is 15.6. The topological polar surface area (TPSA) is 117 Å². The predicted molar refractivity (Wildman–Crippen MR) is 99.9 cm³/mol. The minimum absolute atomic E-state index is 0.0802. The van der Waals surface area contributed by atoms with Gasteiger partial charge in [-0.05, 0) is 24.3 Å². The van der Waals surface area contributed by atoms with E-state index in [0.717, 1.165) is 6.07 Å². The highest BCUT2D eigenvalue weighted by Gasteiger charge is 2.17. The molecule has 2 aromatic rings. The van der Waals surface area contributed by atoms with Crippen molar-refractivity contribution in [3.05, 3.63) is 63.2 Å². The van der Waals surface area contributed by atoms with Crippen LogP contribution in [0.5, 0.6) is 11.5 Å². The Morgan fingerprint density at radius 1 is 1.18 bits per heavy atom. The average molecular weight is 409 g/mol. The van der Waals surface area contributed by atoms with Crippen LogP contribution in [0.4, 0.5) is 5.69 Å². The van der Waals surface area contributed by atoms with E-state index in [2.05, 4.69) is 5.32 Å². The lowest BCUT2D eigenvalue weighted by Gasteiger charge is -2.11. The van der Waals surface area contributed by atoms with Gasteiger partial charge in [0.15, 0.2) is 18.1 Å². The molecule has 0 saturated carbocycles. The molecule has 0 aromatic heterocycles. The molecule has 0 fully saturated rings. The number of carbonyl (C=O) groups excluding carboxylic acids is 2. The van der Waals surface area contributed by atoms with Crippen molar-refractivity contribution < 1.29 is 28.7 Å². The number of carbonyl (C=O) groups is 2. The molecule has 28 heavy (non-hydrogen) atoms. The molecule has 9 nitrogen and oxygen atoms in total. The van der Waals surface area contributed by atoms with E-state index in [1.54, 1.807) is 24.3 Å². The van der Waals surface area contributed by atoms with Crippen LogP contribution in [-0.2, 0) is 9.53 Å². The number of methoxy groups -OCH3 is 1. The minimum Gasteiger partial charge on any atom is -0.493 e. The Hall–Kier alpha value is -3.33. The molecule has 2 rings (SSSR count). The number of hydrogen-bond acceptors (Lipinski definition) is 7. The number of esters is 1. The normalized spacial score (nSPS) is 10.1. The van der Waals surface area contributed by atoms with Crippen LogP contribution in [0.2, 0.25) is 5.02 Å². The summed E-state index contributed by atoms with van der Waals surface area (Å²) in [5.74, 6) is -0.310. The van der Waals surface area contributed by atoms with E-state index in [0.29, 0.717) is 11.5 Å². The number of para-hydroxylation sites is 2. The standard InChI is InChI=1S/C18H17ClN2O7/c1-26-15-4-2-3-5-16(15)27-9-8-20-17(22)11-28-18(23)12-6-7-13(19)14(10-12)21(24)25/h2-7,10H,8-9,11H2,1H3,(H,20,22). The Kier molecular flexibility index (Phi) is 7.58. The molecular weight excluding hydrogens is 392 g/mol. The van der Waals surface area contributed by atoms with Crippen molar-refractivity contribution in [2.75, 3.05) is 26.9 Å². The van der Waals surface area contributed by atoms with Gasteiger partial charge in [0.2, 0.25) is 0 Å². The maximum absolute atomic E-state index is 11.9. The molecule has 0 aliphatic carbocycles. The summed E-state index contributed by atoms with van der Waals surface area (Å²) in [6.45, 7) is -0.172. The number of halogens is 1. The number of nitro groups is 1. The van der Waals surface area contributed by atoms with Crippen LogP contribution >= 0.6 is 11.6 Å². The van der Waals surface area contributed by atoms with Crippen molar-refractivity contribution in [1.82, 2.24) is 5.32 Å². The molecule has 10 heteroatoms. The fourth-order valence-corrected chi connectivity index (χ4v) is 2.32. The molecule has 0 spiro atoms. The zero-order chi connectivity index (χ0) is 20.5. The third-order valence-electron chi connectivity index (χ3n) is 3.46. The van der Waals surface area contributed by atoms with Crippen molar-refractivity contribution in [3.8, 4) is 11.5 Å². The Balaban J connectivity index is 1.76. The summed E-state index contributed by atoms with van der Waals surface area (Å²) in [5, 5.41) is 13.3. The first kappa shape index (κ1) is 21.0. The lowest BCUT2D eigenvalue weighted by atomic mass is 10.2. The summed E-state index contributed by atoms with van der Waals surface area (Å²) < 4.78 is 15.5. The van der Waals surface area contributed by atoms with E-state index in [1.165, 1.54) is 19.2 Å². The van der Waals surface area contributed by atoms with Gasteiger partial charge >= 0.3 is 5.97 Å². The first-order chi connectivity index (χ1) is 13.4. The molecular formula is C18H17ClN2O7. The van der Waals surface area contributed by atoms with Crippen molar-refractivity contribution in [2.45, 2.75) is 0 Å². The van der Waals surface area contributed by atoms with Crippen molar-refractivity contribution in [3.63, 3.8) is 0 Å². The average Bonchev–Trinajstić information content (AvgIpc) is 2.69. The van der Waals surface area contributed by atoms with Gasteiger partial charge in [-0.15, -0.1) is 0 Å². The second-order valence-corrected chi connectivity index (χ2v) is 5.76. The summed E-state index contributed by atoms with van der Waals surface area (Å²) >= 11 is 5.68. The van der Waals surface area contributed by atoms with Gasteiger partial charge < -0.3 is 19.5 Å². The monoisotopic (exact) mass is 408 g/mol. The largest absolute Gasteiger partial charge is 0.493 e. The molecule has 148 valence electrons. The SMILES string of the molecule is COc1ccccc1OCCNC(=O)COC(=O)c1ccc(Cl)c([N+](=O)[O-])c1. The van der Waals surface area contributed by atoms with Crippen LogP contribution in [0.1, 0.15) is 10.4 Å². The van der Waals surface area contributed by atoms with Gasteiger partial charge in [0.1, 0.15) is 11.6 Å². The number of nitrogens with one attached hydrogen (secondary N) is 1. The molecule has 0 saturated heterocycles. The summed E-state index contributed by atoms with van der Waals surface area (Å²) in [4.78, 5) is 33.8. The van der Waals surface area contributed by atoms with Crippen molar-refractivity contribution in [2.24, 2.45) is 0 Å². The first-order valence-corrected chi connectivity index (χ1v) is 8.43. The number of rotatable bonds is 9. The van der Waals surface area contributed by atoms with E-state index in [1.807, 2.05) is 0 Å². The Morgan fingerprint density at radius 3 is 2.57 bits per heavy atom. The Labute approximate surface area is 165 Å². The molecule has 0 aliphatic heterocycles. The lowest BCUT2D eigenvalue weighted by Crippen LogP contribution is -2.32. The van der Waals surface area contributed by atoms with Crippen LogP contribution < -0.4 is 14.8 Å². The maximum Gasteiger partial charge on any atom is 0.338 e. The summed E-state index contributed by atoms with van der Waals surface area (Å²) in [6.07, 6.45) is 0. The molecule has 0 atom stereocenters. The molecule has 0 unspecified atom stereocenters. The van der Waals surface area contributed by atoms with Crippen LogP contribution in [-0.4, -0.2) is 43.7 Å². The third-order valence-corrected chi connectivity index (χ3v) is 3.78. The van der Waals surface area contributed by atoms with Crippen LogP contribution in [0.15, 0.2) is 42.5 Å². The van der Waals surface area contributed by atoms with Gasteiger partial charge in [-0.25, -0.2) is 4.79 Å². The van der Waals surface area contributed by atoms with Crippen molar-refractivity contribution in [1.29, 1.82) is 0 Å². The second-order valence-electron chi connectivity index (χ2n) is 5.35. The summed E-state index contributed by atoms with van der Waals surface area (Å²) in [5.41, 5.74) is -0.502. The number of benzene rings is 2. The van der Waals surface area contributed by atoms with E-state index >= 15 is 0 Å². The van der Waals surface area contributed by atoms with Gasteiger partial charge in [-0.2, -0.15) is 0 Å². The number of ether oxygens (including phenoxy) is 3. The van der Waals surface area contributed by atoms with Gasteiger partial charge in [0.05, 0.1) is 24.1 Å². The van der Waals surface area contributed by atoms with Gasteiger partial charge in [0, 0.05) is 6.07 Å². The molecule has 0 aliphatic rings. The molecule has 1 N–H and O–H groups in total. The first-order valence-electron chi connectivity index (χ1n) is 8.06. The van der Waals surface area contributed by atoms with Crippen LogP contribution in [0, 0.1) is 10.1 Å². The highest BCUT2D eigenvalue weighted by atomic mass is 35.5. The van der Waals surface area contributed by atoms with Crippen LogP contribution in [0.25, 0.3) is 0 Å². The molecule has 1 amide bonds. The van der Waals surface area contributed by atoms with Crippen LogP contribution in [0.3, 0.4) is 0 Å². The van der Waals surface area contributed by atoms with E-state index in [9.17, 15) is 19.7 Å². The zero-order valence-electron chi connectivity index (χ0n) is 14.8. The number of hydrogen-bond donors (Lipinski definition) is 1. The highest BCUT2D eigenvalue weighted by Crippen LogP contribution is 2.26. The molecule has 0 bridgehead atoms. The van der Waals surface area contributed by atoms with Crippen molar-refractivity contribution >= 4 is 29.2 Å². The van der Waals surface area contributed by atoms with E-state index in [4.69, 9.17) is 25.8 Å². The van der Waals surface area contributed by atoms with Gasteiger partial charge in [-0.1, -0.05) is 23.7 Å². The smallest absolute Gasteiger partial charge is 0.338 e. The predicted octanol–water partition coefficient (Wildman–Crippen LogP) is 2.61. The van der Waals surface area contributed by atoms with Gasteiger partial charge in [-0.3, -0.25) is 14.9 Å². The number of nitro benzene ring substituents is 1. The summed E-state index contributed by atoms with van der Waals surface area (Å²) in [6, 6.07) is 10.5. The quantitative estimate of drug-likeness (QED) is 0.293. The third kappa shape index (κ3) is 5.85. The van der Waals surface area contributed by atoms with E-state index in [-0.39, 0.29) is 23.7 Å². The highest BCUT2D eigenvalue weighted by molar-refractivity contribution is 6.32. The molecule has 0 radical (unpaired) electrons. The summed E-state index contributed by atoms with van der Waals surface area (Å²) in [7, 11) is 1.52. The minimum atomic E-state index is -0.875. The Bertz CT molecular complexity index is 873. The molecule has 2 aromatic carbocycles. The number of nitrogens with zero attached hydrogens (tertiary/aromatic N) is 1. The fraction of sp³-hybridized carbons (Fsp3) is 0.222.